The van der Waals surface area contributed by atoms with Gasteiger partial charge < -0.3 is 9.47 Å². The van der Waals surface area contributed by atoms with Gasteiger partial charge in [-0.1, -0.05) is 41.9 Å². The predicted molar refractivity (Wildman–Crippen MR) is 85.7 cm³/mol. The molecule has 0 N–H and O–H groups in total. The number of ether oxygens (including phenoxy) is 2. The zero-order valence-electron chi connectivity index (χ0n) is 12.5. The van der Waals surface area contributed by atoms with Crippen LogP contribution in [-0.2, 0) is 14.3 Å². The lowest BCUT2D eigenvalue weighted by atomic mass is 10.1. The van der Waals surface area contributed by atoms with Crippen molar-refractivity contribution in [1.29, 1.82) is 0 Å². The summed E-state index contributed by atoms with van der Waals surface area (Å²) in [5.41, 5.74) is 1.25. The first-order chi connectivity index (χ1) is 11.6. The van der Waals surface area contributed by atoms with Gasteiger partial charge in [0.25, 0.3) is 6.29 Å². The molecule has 0 aliphatic carbocycles. The Kier molecular flexibility index (Phi) is 4.62. The van der Waals surface area contributed by atoms with Gasteiger partial charge in [-0.05, 0) is 18.2 Å². The van der Waals surface area contributed by atoms with E-state index in [1.165, 1.54) is 0 Å². The fourth-order valence-corrected chi connectivity index (χ4v) is 2.66. The second-order valence-electron chi connectivity index (χ2n) is 5.22. The summed E-state index contributed by atoms with van der Waals surface area (Å²) in [5, 5.41) is 0.342. The Morgan fingerprint density at radius 1 is 1.04 bits per heavy atom. The maximum absolute atomic E-state index is 12.1. The molecule has 3 rings (SSSR count). The van der Waals surface area contributed by atoms with Gasteiger partial charge in [-0.2, -0.15) is 0 Å². The molecule has 122 valence electrons. The quantitative estimate of drug-likeness (QED) is 0.610. The van der Waals surface area contributed by atoms with E-state index < -0.39 is 18.2 Å². The summed E-state index contributed by atoms with van der Waals surface area (Å²) in [6.07, 6.45) is -1.22. The normalized spacial score (nSPS) is 15.5. The summed E-state index contributed by atoms with van der Waals surface area (Å²) < 4.78 is 10.2. The molecule has 0 amide bonds. The van der Waals surface area contributed by atoms with Crippen LogP contribution < -0.4 is 0 Å². The molecule has 0 saturated carbocycles. The van der Waals surface area contributed by atoms with E-state index in [1.54, 1.807) is 48.5 Å². The number of cyclic esters (lactones) is 1. The molecule has 2 aromatic carbocycles. The van der Waals surface area contributed by atoms with E-state index >= 15 is 0 Å². The van der Waals surface area contributed by atoms with Crippen molar-refractivity contribution in [2.75, 3.05) is 0 Å². The maximum Gasteiger partial charge on any atom is 0.342 e. The topological polar surface area (TPSA) is 69.7 Å². The summed E-state index contributed by atoms with van der Waals surface area (Å²) in [5.74, 6) is -1.40. The third-order valence-corrected chi connectivity index (χ3v) is 3.95. The van der Waals surface area contributed by atoms with Crippen LogP contribution in [0.2, 0.25) is 5.02 Å². The van der Waals surface area contributed by atoms with E-state index in [0.29, 0.717) is 21.7 Å². The minimum Gasteiger partial charge on any atom is -0.421 e. The third-order valence-electron chi connectivity index (χ3n) is 3.62. The van der Waals surface area contributed by atoms with Gasteiger partial charge in [0.1, 0.15) is 0 Å². The average Bonchev–Trinajstić information content (AvgIpc) is 2.89. The standard InChI is InChI=1S/C18H13ClO5/c19-14-8-4-3-7-13(14)15(20)9-10-16(21)23-18-12-6-2-1-5-11(12)17(22)24-18/h1-8,18H,9-10H2. The van der Waals surface area contributed by atoms with Crippen LogP contribution in [0.15, 0.2) is 48.5 Å². The molecular weight excluding hydrogens is 332 g/mol. The summed E-state index contributed by atoms with van der Waals surface area (Å²) in [7, 11) is 0. The lowest BCUT2D eigenvalue weighted by Crippen LogP contribution is -2.13. The van der Waals surface area contributed by atoms with Gasteiger partial charge in [0.05, 0.1) is 17.0 Å². The number of halogens is 1. The molecule has 0 fully saturated rings. The smallest absolute Gasteiger partial charge is 0.342 e. The third kappa shape index (κ3) is 3.31. The molecule has 1 heterocycles. The number of fused-ring (bicyclic) bond motifs is 1. The fourth-order valence-electron chi connectivity index (χ4n) is 2.42. The molecule has 24 heavy (non-hydrogen) atoms. The number of ketones is 1. The van der Waals surface area contributed by atoms with Gasteiger partial charge >= 0.3 is 11.9 Å². The molecule has 0 bridgehead atoms. The first-order valence-corrected chi connectivity index (χ1v) is 7.71. The Balaban J connectivity index is 1.58. The van der Waals surface area contributed by atoms with Crippen molar-refractivity contribution in [2.24, 2.45) is 0 Å². The van der Waals surface area contributed by atoms with E-state index in [-0.39, 0.29) is 18.6 Å². The number of hydrogen-bond donors (Lipinski definition) is 0. The number of carbonyl (C=O) groups is 3. The highest BCUT2D eigenvalue weighted by Crippen LogP contribution is 2.31. The Hall–Kier alpha value is -2.66. The average molecular weight is 345 g/mol. The molecule has 1 aliphatic heterocycles. The van der Waals surface area contributed by atoms with Crippen molar-refractivity contribution in [3.8, 4) is 0 Å². The van der Waals surface area contributed by atoms with Crippen molar-refractivity contribution >= 4 is 29.3 Å². The summed E-state index contributed by atoms with van der Waals surface area (Å²) in [6, 6.07) is 13.3. The van der Waals surface area contributed by atoms with Crippen LogP contribution in [-0.4, -0.2) is 17.7 Å². The first kappa shape index (κ1) is 16.2. The molecule has 0 saturated heterocycles. The number of Topliss-reactive ketones (excluding diaryl/α,β-unsaturated/α-hetero) is 1. The lowest BCUT2D eigenvalue weighted by molar-refractivity contribution is -0.167. The van der Waals surface area contributed by atoms with Crippen LogP contribution in [0.3, 0.4) is 0 Å². The number of benzene rings is 2. The molecule has 0 aromatic heterocycles. The van der Waals surface area contributed by atoms with Gasteiger partial charge in [0, 0.05) is 17.5 Å². The van der Waals surface area contributed by atoms with Gasteiger partial charge in [-0.25, -0.2) is 4.79 Å². The lowest BCUT2D eigenvalue weighted by Gasteiger charge is -2.11. The first-order valence-electron chi connectivity index (χ1n) is 7.33. The monoisotopic (exact) mass is 344 g/mol. The minimum absolute atomic E-state index is 0.0368. The summed E-state index contributed by atoms with van der Waals surface area (Å²) in [4.78, 5) is 35.7. The Bertz CT molecular complexity index is 815. The molecule has 6 heteroatoms. The maximum atomic E-state index is 12.1. The van der Waals surface area contributed by atoms with Crippen LogP contribution in [0, 0.1) is 0 Å². The fraction of sp³-hybridized carbons (Fsp3) is 0.167. The molecule has 0 spiro atoms. The molecule has 5 nitrogen and oxygen atoms in total. The van der Waals surface area contributed by atoms with Gasteiger partial charge in [0.15, 0.2) is 5.78 Å². The zero-order chi connectivity index (χ0) is 17.1. The van der Waals surface area contributed by atoms with Crippen LogP contribution in [0.1, 0.15) is 45.4 Å². The molecule has 1 aliphatic rings. The van der Waals surface area contributed by atoms with Crippen LogP contribution in [0.25, 0.3) is 0 Å². The number of hydrogen-bond acceptors (Lipinski definition) is 5. The van der Waals surface area contributed by atoms with E-state index in [9.17, 15) is 14.4 Å². The Labute approximate surface area is 143 Å². The summed E-state index contributed by atoms with van der Waals surface area (Å²) in [6.45, 7) is 0. The molecule has 1 atom stereocenters. The van der Waals surface area contributed by atoms with Crippen LogP contribution in [0.4, 0.5) is 0 Å². The molecule has 2 aromatic rings. The Morgan fingerprint density at radius 2 is 1.75 bits per heavy atom. The predicted octanol–water partition coefficient (Wildman–Crippen LogP) is 3.72. The van der Waals surface area contributed by atoms with Crippen LogP contribution >= 0.6 is 11.6 Å². The SMILES string of the molecule is O=C(CCC(=O)c1ccccc1Cl)OC1OC(=O)c2ccccc21. The Morgan fingerprint density at radius 3 is 2.54 bits per heavy atom. The van der Waals surface area contributed by atoms with E-state index in [2.05, 4.69) is 0 Å². The zero-order valence-corrected chi connectivity index (χ0v) is 13.3. The highest BCUT2D eigenvalue weighted by Gasteiger charge is 2.33. The van der Waals surface area contributed by atoms with Crippen molar-refractivity contribution in [3.63, 3.8) is 0 Å². The second-order valence-corrected chi connectivity index (χ2v) is 5.62. The van der Waals surface area contributed by atoms with Crippen molar-refractivity contribution in [2.45, 2.75) is 19.1 Å². The largest absolute Gasteiger partial charge is 0.421 e. The van der Waals surface area contributed by atoms with Gasteiger partial charge in [-0.15, -0.1) is 0 Å². The van der Waals surface area contributed by atoms with Crippen LogP contribution in [0.5, 0.6) is 0 Å². The minimum atomic E-state index is -1.06. The van der Waals surface area contributed by atoms with Crippen molar-refractivity contribution < 1.29 is 23.9 Å². The van der Waals surface area contributed by atoms with Gasteiger partial charge in [-0.3, -0.25) is 9.59 Å². The van der Waals surface area contributed by atoms with E-state index in [4.69, 9.17) is 21.1 Å². The van der Waals surface area contributed by atoms with Gasteiger partial charge in [0.2, 0.25) is 0 Å². The second kappa shape index (κ2) is 6.84. The molecule has 1 unspecified atom stereocenters. The summed E-state index contributed by atoms with van der Waals surface area (Å²) >= 11 is 5.95. The van der Waals surface area contributed by atoms with Crippen molar-refractivity contribution in [3.05, 3.63) is 70.2 Å². The van der Waals surface area contributed by atoms with Crippen molar-refractivity contribution in [1.82, 2.24) is 0 Å². The van der Waals surface area contributed by atoms with E-state index in [1.807, 2.05) is 0 Å². The molecule has 0 radical (unpaired) electrons. The number of rotatable bonds is 5. The van der Waals surface area contributed by atoms with E-state index in [0.717, 1.165) is 0 Å². The molecular formula is C18H13ClO5. The highest BCUT2D eigenvalue weighted by atomic mass is 35.5. The highest BCUT2D eigenvalue weighted by molar-refractivity contribution is 6.34. The number of carbonyl (C=O) groups excluding carboxylic acids is 3. The number of esters is 2.